The summed E-state index contributed by atoms with van der Waals surface area (Å²) in [5.74, 6) is -0.193. The van der Waals surface area contributed by atoms with Crippen molar-refractivity contribution in [1.29, 1.82) is 0 Å². The Kier molecular flexibility index (Phi) is 2.09. The smallest absolute Gasteiger partial charge is 0.242 e. The van der Waals surface area contributed by atoms with Crippen LogP contribution in [0.3, 0.4) is 0 Å². The third-order valence-electron chi connectivity index (χ3n) is 3.58. The van der Waals surface area contributed by atoms with Crippen LogP contribution in [0.2, 0.25) is 0 Å². The minimum absolute atomic E-state index is 0.193. The Bertz CT molecular complexity index is 814. The monoisotopic (exact) mass is 251 g/mol. The molecule has 3 aromatic rings. The fraction of sp³-hybridized carbons (Fsp3) is 0.0625. The van der Waals surface area contributed by atoms with Gasteiger partial charge in [0.2, 0.25) is 12.4 Å². The normalized spacial score (nSPS) is 13.6. The molecule has 2 aromatic carbocycles. The summed E-state index contributed by atoms with van der Waals surface area (Å²) in [4.78, 5) is 0. The molecule has 0 saturated heterocycles. The Hall–Kier alpha value is -2.42. The van der Waals surface area contributed by atoms with Crippen LogP contribution in [0.25, 0.3) is 10.9 Å². The summed E-state index contributed by atoms with van der Waals surface area (Å²) in [5, 5.41) is 1.22. The summed E-state index contributed by atoms with van der Waals surface area (Å²) in [7, 11) is 0. The molecule has 1 aliphatic rings. The van der Waals surface area contributed by atoms with Gasteiger partial charge in [0.05, 0.1) is 11.1 Å². The van der Waals surface area contributed by atoms with Crippen LogP contribution in [0.4, 0.5) is 10.1 Å². The quantitative estimate of drug-likeness (QED) is 0.585. The Morgan fingerprint density at radius 3 is 2.79 bits per heavy atom. The summed E-state index contributed by atoms with van der Waals surface area (Å²) in [5.41, 5.74) is 2.95. The summed E-state index contributed by atoms with van der Waals surface area (Å²) in [6.45, 7) is 0.640. The lowest BCUT2D eigenvalue weighted by Crippen LogP contribution is -2.19. The highest BCUT2D eigenvalue weighted by Gasteiger charge is 2.21. The van der Waals surface area contributed by atoms with Crippen LogP contribution in [0.15, 0.2) is 54.7 Å². The highest BCUT2D eigenvalue weighted by molar-refractivity contribution is 5.97. The van der Waals surface area contributed by atoms with Crippen LogP contribution in [-0.2, 0) is 6.67 Å². The maximum atomic E-state index is 13.9. The second kappa shape index (κ2) is 3.79. The lowest BCUT2D eigenvalue weighted by atomic mass is 10.1. The predicted molar refractivity (Wildman–Crippen MR) is 73.4 cm³/mol. The number of aromatic nitrogens is 1. The van der Waals surface area contributed by atoms with E-state index in [0.29, 0.717) is 12.4 Å². The van der Waals surface area contributed by atoms with Gasteiger partial charge in [0.25, 0.3) is 0 Å². The number of benzene rings is 2. The third-order valence-corrected chi connectivity index (χ3v) is 3.58. The first-order chi connectivity index (χ1) is 9.33. The highest BCUT2D eigenvalue weighted by Crippen LogP contribution is 2.25. The van der Waals surface area contributed by atoms with Crippen molar-refractivity contribution in [3.05, 3.63) is 66.1 Å². The number of rotatable bonds is 1. The fourth-order valence-electron chi connectivity index (χ4n) is 2.72. The van der Waals surface area contributed by atoms with Crippen LogP contribution >= 0.6 is 0 Å². The molecule has 2 nitrogen and oxygen atoms in total. The number of hydrogen-bond acceptors (Lipinski definition) is 0. The molecule has 0 unspecified atom stereocenters. The van der Waals surface area contributed by atoms with Gasteiger partial charge in [-0.3, -0.25) is 4.57 Å². The van der Waals surface area contributed by atoms with Gasteiger partial charge in [-0.1, -0.05) is 24.3 Å². The molecule has 4 rings (SSSR count). The number of para-hydroxylation sites is 2. The van der Waals surface area contributed by atoms with Crippen molar-refractivity contribution in [1.82, 2.24) is 4.57 Å². The van der Waals surface area contributed by atoms with Crippen molar-refractivity contribution >= 4 is 22.8 Å². The molecule has 3 heteroatoms. The average Bonchev–Trinajstić information content (AvgIpc) is 2.84. The molecule has 0 spiro atoms. The maximum absolute atomic E-state index is 13.9. The van der Waals surface area contributed by atoms with Crippen LogP contribution in [0.1, 0.15) is 5.56 Å². The molecule has 92 valence electrons. The molecule has 0 N–H and O–H groups in total. The third kappa shape index (κ3) is 1.51. The fourth-order valence-corrected chi connectivity index (χ4v) is 2.72. The Morgan fingerprint density at radius 2 is 1.89 bits per heavy atom. The molecule has 0 atom stereocenters. The molecule has 0 amide bonds. The number of hydrogen-bond donors (Lipinski definition) is 0. The van der Waals surface area contributed by atoms with E-state index in [1.807, 2.05) is 22.9 Å². The van der Waals surface area contributed by atoms with Crippen LogP contribution < -0.4 is 0 Å². The highest BCUT2D eigenvalue weighted by atomic mass is 19.1. The van der Waals surface area contributed by atoms with E-state index >= 15 is 0 Å². The van der Waals surface area contributed by atoms with Gasteiger partial charge in [-0.25, -0.2) is 0 Å². The van der Waals surface area contributed by atoms with E-state index in [1.165, 1.54) is 17.0 Å². The van der Waals surface area contributed by atoms with Crippen molar-refractivity contribution in [3.63, 3.8) is 0 Å². The molecule has 0 bridgehead atoms. The first kappa shape index (κ1) is 10.5. The summed E-state index contributed by atoms with van der Waals surface area (Å²) in [6, 6.07) is 15.2. The zero-order valence-electron chi connectivity index (χ0n) is 10.3. The van der Waals surface area contributed by atoms with Gasteiger partial charge < -0.3 is 0 Å². The Labute approximate surface area is 110 Å². The zero-order valence-corrected chi connectivity index (χ0v) is 10.3. The maximum Gasteiger partial charge on any atom is 0.242 e. The van der Waals surface area contributed by atoms with Crippen molar-refractivity contribution in [3.8, 4) is 0 Å². The van der Waals surface area contributed by atoms with Gasteiger partial charge in [-0.2, -0.15) is 8.97 Å². The van der Waals surface area contributed by atoms with Crippen molar-refractivity contribution < 1.29 is 8.97 Å². The van der Waals surface area contributed by atoms with Crippen LogP contribution in [-0.4, -0.2) is 15.4 Å². The van der Waals surface area contributed by atoms with E-state index in [-0.39, 0.29) is 5.82 Å². The minimum atomic E-state index is -0.193. The van der Waals surface area contributed by atoms with Gasteiger partial charge in [-0.05, 0) is 18.2 Å². The Balaban J connectivity index is 1.95. The summed E-state index contributed by atoms with van der Waals surface area (Å²) in [6.07, 6.45) is 4.07. The van der Waals surface area contributed by atoms with Crippen molar-refractivity contribution in [2.75, 3.05) is 0 Å². The molecule has 0 fully saturated rings. The van der Waals surface area contributed by atoms with Crippen molar-refractivity contribution in [2.45, 2.75) is 6.67 Å². The van der Waals surface area contributed by atoms with Gasteiger partial charge >= 0.3 is 0 Å². The summed E-state index contributed by atoms with van der Waals surface area (Å²) >= 11 is 0. The van der Waals surface area contributed by atoms with Gasteiger partial charge in [-0.15, -0.1) is 0 Å². The zero-order chi connectivity index (χ0) is 12.8. The second-order valence-corrected chi connectivity index (χ2v) is 4.76. The topological polar surface area (TPSA) is 7.94 Å². The van der Waals surface area contributed by atoms with Crippen LogP contribution in [0.5, 0.6) is 0 Å². The standard InChI is InChI=1S/C16H12FN2/c17-14-6-1-2-7-15(14)19-10-13-5-3-4-12-8-9-18(11-19)16(12)13/h1-10H,11H2/q+1. The minimum Gasteiger partial charge on any atom is -0.291 e. The van der Waals surface area contributed by atoms with E-state index in [4.69, 9.17) is 0 Å². The van der Waals surface area contributed by atoms with E-state index in [1.54, 1.807) is 12.1 Å². The largest absolute Gasteiger partial charge is 0.291 e. The second-order valence-electron chi connectivity index (χ2n) is 4.76. The summed E-state index contributed by atoms with van der Waals surface area (Å²) < 4.78 is 18.0. The first-order valence-electron chi connectivity index (χ1n) is 6.27. The molecular formula is C16H12FN2+. The molecule has 1 aliphatic heterocycles. The lowest BCUT2D eigenvalue weighted by molar-refractivity contribution is -0.473. The molecule has 19 heavy (non-hydrogen) atoms. The van der Waals surface area contributed by atoms with Gasteiger partial charge in [0, 0.05) is 17.6 Å². The van der Waals surface area contributed by atoms with Gasteiger partial charge in [0.1, 0.15) is 0 Å². The average molecular weight is 251 g/mol. The molecule has 2 heterocycles. The van der Waals surface area contributed by atoms with E-state index in [9.17, 15) is 4.39 Å². The lowest BCUT2D eigenvalue weighted by Gasteiger charge is -2.12. The SMILES string of the molecule is Fc1ccccc1[N+]1=Cc2cccc3ccn(c23)C1. The van der Waals surface area contributed by atoms with Crippen molar-refractivity contribution in [2.24, 2.45) is 0 Å². The van der Waals surface area contributed by atoms with E-state index in [0.717, 1.165) is 5.56 Å². The number of halogens is 1. The molecule has 1 aromatic heterocycles. The Morgan fingerprint density at radius 1 is 1.00 bits per heavy atom. The molecule has 0 saturated carbocycles. The van der Waals surface area contributed by atoms with Crippen LogP contribution in [0, 0.1) is 5.82 Å². The van der Waals surface area contributed by atoms with Gasteiger partial charge in [0.15, 0.2) is 12.0 Å². The van der Waals surface area contributed by atoms with E-state index < -0.39 is 0 Å². The predicted octanol–water partition coefficient (Wildman–Crippen LogP) is 3.51. The van der Waals surface area contributed by atoms with E-state index in [2.05, 4.69) is 29.0 Å². The molecule has 0 radical (unpaired) electrons. The number of nitrogens with zero attached hydrogens (tertiary/aromatic N) is 2. The first-order valence-corrected chi connectivity index (χ1v) is 6.27. The molecular weight excluding hydrogens is 239 g/mol. The molecule has 0 aliphatic carbocycles.